The van der Waals surface area contributed by atoms with E-state index in [0.29, 0.717) is 22.6 Å². The van der Waals surface area contributed by atoms with Gasteiger partial charge in [-0.3, -0.25) is 0 Å². The Morgan fingerprint density at radius 2 is 1.60 bits per heavy atom. The molecule has 0 amide bonds. The fraction of sp³-hybridized carbons (Fsp3) is 0.125. The van der Waals surface area contributed by atoms with E-state index in [0.717, 1.165) is 11.7 Å². The molecule has 0 aliphatic rings. The highest BCUT2D eigenvalue weighted by molar-refractivity contribution is 7.89. The van der Waals surface area contributed by atoms with Crippen LogP contribution in [-0.2, 0) is 23.1 Å². The second-order valence-corrected chi connectivity index (χ2v) is 7.75. The van der Waals surface area contributed by atoms with E-state index in [1.807, 2.05) is 0 Å². The van der Waals surface area contributed by atoms with Crippen LogP contribution in [0.2, 0.25) is 0 Å². The quantitative estimate of drug-likeness (QED) is 0.514. The Balaban J connectivity index is 1.77. The number of nitrogens with zero attached hydrogens (tertiary/aromatic N) is 3. The maximum Gasteiger partial charge on any atom is 0.246 e. The Bertz CT molecular complexity index is 1030. The molecule has 9 heteroatoms. The zero-order valence-electron chi connectivity index (χ0n) is 12.9. The molecule has 0 saturated carbocycles. The molecule has 0 aliphatic heterocycles. The van der Waals surface area contributed by atoms with E-state index >= 15 is 0 Å². The highest BCUT2D eigenvalue weighted by Crippen LogP contribution is 2.27. The fourth-order valence-electron chi connectivity index (χ4n) is 2.51. The first kappa shape index (κ1) is 16.0. The van der Waals surface area contributed by atoms with Crippen molar-refractivity contribution in [2.45, 2.75) is 18.0 Å². The van der Waals surface area contributed by atoms with Gasteiger partial charge in [-0.2, -0.15) is 13.1 Å². The van der Waals surface area contributed by atoms with Crippen LogP contribution in [-0.4, -0.2) is 21.5 Å². The molecule has 25 heavy (non-hydrogen) atoms. The standard InChI is InChI=1S/C16H13N3O4S2/c20-25(21,15-7-1-6-14-16(15)18-24-17-14)19(10-12-4-2-8-22-12)11-13-5-3-9-23-13/h1-9H,10-11H2. The number of rotatable bonds is 6. The fourth-order valence-corrected chi connectivity index (χ4v) is 4.63. The molecular formula is C16H13N3O4S2. The van der Waals surface area contributed by atoms with Crippen LogP contribution in [0.1, 0.15) is 11.5 Å². The number of fused-ring (bicyclic) bond motifs is 1. The maximum absolute atomic E-state index is 13.3. The Labute approximate surface area is 147 Å². The predicted molar refractivity (Wildman–Crippen MR) is 91.3 cm³/mol. The number of furan rings is 2. The Morgan fingerprint density at radius 3 is 2.20 bits per heavy atom. The van der Waals surface area contributed by atoms with Gasteiger partial charge in [-0.15, -0.1) is 0 Å². The minimum Gasteiger partial charge on any atom is -0.468 e. The van der Waals surface area contributed by atoms with Crippen molar-refractivity contribution in [2.75, 3.05) is 0 Å². The average Bonchev–Trinajstić information content (AvgIpc) is 3.36. The molecule has 0 atom stereocenters. The minimum absolute atomic E-state index is 0.0873. The summed E-state index contributed by atoms with van der Waals surface area (Å²) in [4.78, 5) is 0.122. The average molecular weight is 375 g/mol. The number of aromatic nitrogens is 2. The van der Waals surface area contributed by atoms with Crippen LogP contribution in [0.15, 0.2) is 68.7 Å². The lowest BCUT2D eigenvalue weighted by Gasteiger charge is -2.20. The van der Waals surface area contributed by atoms with Crippen LogP contribution in [0.3, 0.4) is 0 Å². The third-order valence-corrected chi connectivity index (χ3v) is 6.06. The first-order valence-corrected chi connectivity index (χ1v) is 9.58. The van der Waals surface area contributed by atoms with E-state index in [4.69, 9.17) is 8.83 Å². The first-order chi connectivity index (χ1) is 12.1. The van der Waals surface area contributed by atoms with Gasteiger partial charge in [-0.25, -0.2) is 8.42 Å². The summed E-state index contributed by atoms with van der Waals surface area (Å²) in [5.74, 6) is 1.08. The molecule has 0 radical (unpaired) electrons. The molecule has 1 aromatic carbocycles. The summed E-state index contributed by atoms with van der Waals surface area (Å²) in [6.45, 7) is 0.175. The second-order valence-electron chi connectivity index (χ2n) is 5.32. The van der Waals surface area contributed by atoms with Crippen molar-refractivity contribution in [2.24, 2.45) is 0 Å². The van der Waals surface area contributed by atoms with Crippen molar-refractivity contribution in [3.63, 3.8) is 0 Å². The maximum atomic E-state index is 13.3. The van der Waals surface area contributed by atoms with Gasteiger partial charge in [-0.1, -0.05) is 6.07 Å². The highest BCUT2D eigenvalue weighted by Gasteiger charge is 2.29. The van der Waals surface area contributed by atoms with Gasteiger partial charge in [0.15, 0.2) is 0 Å². The molecule has 128 valence electrons. The summed E-state index contributed by atoms with van der Waals surface area (Å²) >= 11 is 0.986. The van der Waals surface area contributed by atoms with Gasteiger partial charge >= 0.3 is 0 Å². The second kappa shape index (κ2) is 6.43. The van der Waals surface area contributed by atoms with Crippen molar-refractivity contribution in [3.8, 4) is 0 Å². The summed E-state index contributed by atoms with van der Waals surface area (Å²) in [6, 6.07) is 11.8. The zero-order chi connectivity index (χ0) is 17.3. The Hall–Kier alpha value is -2.49. The third-order valence-electron chi connectivity index (χ3n) is 3.69. The van der Waals surface area contributed by atoms with Crippen molar-refractivity contribution in [1.29, 1.82) is 0 Å². The molecule has 0 aliphatic carbocycles. The summed E-state index contributed by atoms with van der Waals surface area (Å²) in [6.07, 6.45) is 3.02. The van der Waals surface area contributed by atoms with Crippen LogP contribution in [0.25, 0.3) is 11.0 Å². The molecule has 3 heterocycles. The number of benzene rings is 1. The van der Waals surface area contributed by atoms with Crippen molar-refractivity contribution < 1.29 is 17.3 Å². The number of hydrogen-bond donors (Lipinski definition) is 0. The lowest BCUT2D eigenvalue weighted by molar-refractivity contribution is 0.331. The SMILES string of the molecule is O=S(=O)(c1cccc2nsnc12)N(Cc1ccco1)Cc1ccco1. The van der Waals surface area contributed by atoms with Crippen molar-refractivity contribution in [3.05, 3.63) is 66.5 Å². The molecule has 0 unspecified atom stereocenters. The lowest BCUT2D eigenvalue weighted by Crippen LogP contribution is -2.30. The number of sulfonamides is 1. The summed E-state index contributed by atoms with van der Waals surface area (Å²) < 4.78 is 46.8. The van der Waals surface area contributed by atoms with Gasteiger partial charge in [-0.05, 0) is 36.4 Å². The summed E-state index contributed by atoms with van der Waals surface area (Å²) in [5, 5.41) is 0. The van der Waals surface area contributed by atoms with E-state index < -0.39 is 10.0 Å². The van der Waals surface area contributed by atoms with E-state index in [2.05, 4.69) is 8.75 Å². The molecule has 7 nitrogen and oxygen atoms in total. The largest absolute Gasteiger partial charge is 0.468 e. The number of hydrogen-bond acceptors (Lipinski definition) is 7. The Morgan fingerprint density at radius 1 is 0.920 bits per heavy atom. The molecule has 3 aromatic heterocycles. The monoisotopic (exact) mass is 375 g/mol. The molecule has 0 spiro atoms. The van der Waals surface area contributed by atoms with Crippen LogP contribution < -0.4 is 0 Å². The smallest absolute Gasteiger partial charge is 0.246 e. The van der Waals surface area contributed by atoms with Gasteiger partial charge in [0.2, 0.25) is 10.0 Å². The van der Waals surface area contributed by atoms with Gasteiger partial charge in [0, 0.05) is 0 Å². The first-order valence-electron chi connectivity index (χ1n) is 7.41. The third kappa shape index (κ3) is 3.09. The molecule has 4 rings (SSSR count). The van der Waals surface area contributed by atoms with Crippen molar-refractivity contribution >= 4 is 32.8 Å². The van der Waals surface area contributed by atoms with Gasteiger partial charge < -0.3 is 8.83 Å². The van der Waals surface area contributed by atoms with Gasteiger partial charge in [0.05, 0.1) is 37.3 Å². The summed E-state index contributed by atoms with van der Waals surface area (Å²) in [5.41, 5.74) is 0.929. The molecule has 0 N–H and O–H groups in total. The predicted octanol–water partition coefficient (Wildman–Crippen LogP) is 3.27. The normalized spacial score (nSPS) is 12.2. The molecular weight excluding hydrogens is 362 g/mol. The van der Waals surface area contributed by atoms with E-state index in [-0.39, 0.29) is 18.0 Å². The van der Waals surface area contributed by atoms with Gasteiger partial charge in [0.1, 0.15) is 27.4 Å². The molecule has 0 saturated heterocycles. The molecule has 4 aromatic rings. The van der Waals surface area contributed by atoms with E-state index in [1.165, 1.54) is 22.9 Å². The van der Waals surface area contributed by atoms with E-state index in [1.54, 1.807) is 36.4 Å². The van der Waals surface area contributed by atoms with Crippen LogP contribution in [0.4, 0.5) is 0 Å². The highest BCUT2D eigenvalue weighted by atomic mass is 32.2. The zero-order valence-corrected chi connectivity index (χ0v) is 14.5. The van der Waals surface area contributed by atoms with Crippen molar-refractivity contribution in [1.82, 2.24) is 13.1 Å². The van der Waals surface area contributed by atoms with Crippen LogP contribution in [0, 0.1) is 0 Å². The molecule has 0 fully saturated rings. The topological polar surface area (TPSA) is 89.4 Å². The minimum atomic E-state index is -3.83. The lowest BCUT2D eigenvalue weighted by atomic mass is 10.3. The summed E-state index contributed by atoms with van der Waals surface area (Å²) in [7, 11) is -3.83. The van der Waals surface area contributed by atoms with Crippen LogP contribution >= 0.6 is 11.7 Å². The molecule has 0 bridgehead atoms. The van der Waals surface area contributed by atoms with Gasteiger partial charge in [0.25, 0.3) is 0 Å². The Kier molecular flexibility index (Phi) is 4.12. The van der Waals surface area contributed by atoms with E-state index in [9.17, 15) is 8.42 Å². The van der Waals surface area contributed by atoms with Crippen LogP contribution in [0.5, 0.6) is 0 Å².